The van der Waals surface area contributed by atoms with E-state index in [0.717, 1.165) is 0 Å². The predicted octanol–water partition coefficient (Wildman–Crippen LogP) is 0.673. The first kappa shape index (κ1) is 15.0. The molecule has 0 aromatic rings. The van der Waals surface area contributed by atoms with Gasteiger partial charge in [0.1, 0.15) is 12.4 Å². The van der Waals surface area contributed by atoms with Crippen LogP contribution in [0, 0.1) is 0 Å². The summed E-state index contributed by atoms with van der Waals surface area (Å²) < 4.78 is 20.2. The molecular weight excluding hydrogens is 256 g/mol. The number of carbonyl (C=O) groups is 3. The summed E-state index contributed by atoms with van der Waals surface area (Å²) in [5.74, 6) is -1.74. The summed E-state index contributed by atoms with van der Waals surface area (Å²) in [4.78, 5) is 33.2. The topological polar surface area (TPSA) is 88.1 Å². The van der Waals surface area contributed by atoms with Crippen LogP contribution >= 0.6 is 0 Å². The van der Waals surface area contributed by atoms with E-state index in [4.69, 9.17) is 18.9 Å². The van der Waals surface area contributed by atoms with Crippen molar-refractivity contribution in [2.24, 2.45) is 0 Å². The van der Waals surface area contributed by atoms with Gasteiger partial charge in [0.25, 0.3) is 0 Å². The SMILES string of the molecule is CC(=O)OC1=CO[C@@H](C)[C@H](OC(C)=O)[C@H]1OC(C)=O. The molecule has 0 bridgehead atoms. The second kappa shape index (κ2) is 6.21. The number of esters is 3. The van der Waals surface area contributed by atoms with Crippen LogP contribution in [-0.2, 0) is 33.3 Å². The van der Waals surface area contributed by atoms with Crippen molar-refractivity contribution in [3.63, 3.8) is 0 Å². The maximum Gasteiger partial charge on any atom is 0.307 e. The predicted molar refractivity (Wildman–Crippen MR) is 61.5 cm³/mol. The second-order valence-corrected chi connectivity index (χ2v) is 4.06. The van der Waals surface area contributed by atoms with Crippen molar-refractivity contribution >= 4 is 17.9 Å². The Morgan fingerprint density at radius 2 is 1.63 bits per heavy atom. The van der Waals surface area contributed by atoms with E-state index < -0.39 is 36.2 Å². The minimum Gasteiger partial charge on any atom is -0.491 e. The van der Waals surface area contributed by atoms with Crippen LogP contribution in [0.25, 0.3) is 0 Å². The summed E-state index contributed by atoms with van der Waals surface area (Å²) in [5.41, 5.74) is 0. The summed E-state index contributed by atoms with van der Waals surface area (Å²) in [5, 5.41) is 0. The molecule has 7 heteroatoms. The quantitative estimate of drug-likeness (QED) is 0.551. The van der Waals surface area contributed by atoms with Crippen LogP contribution in [0.2, 0.25) is 0 Å². The lowest BCUT2D eigenvalue weighted by Gasteiger charge is -2.34. The summed E-state index contributed by atoms with van der Waals surface area (Å²) in [6, 6.07) is 0. The van der Waals surface area contributed by atoms with E-state index in [2.05, 4.69) is 0 Å². The smallest absolute Gasteiger partial charge is 0.307 e. The third-order valence-corrected chi connectivity index (χ3v) is 2.30. The van der Waals surface area contributed by atoms with Crippen molar-refractivity contribution in [2.75, 3.05) is 0 Å². The Balaban J connectivity index is 2.99. The van der Waals surface area contributed by atoms with Gasteiger partial charge in [0.05, 0.1) is 0 Å². The normalized spacial score (nSPS) is 25.7. The first-order chi connectivity index (χ1) is 8.81. The summed E-state index contributed by atoms with van der Waals surface area (Å²) >= 11 is 0. The zero-order chi connectivity index (χ0) is 14.6. The number of hydrogen-bond acceptors (Lipinski definition) is 7. The van der Waals surface area contributed by atoms with E-state index in [1.165, 1.54) is 27.0 Å². The Kier molecular flexibility index (Phi) is 4.91. The molecule has 1 aliphatic rings. The molecule has 0 fully saturated rings. The Hall–Kier alpha value is -2.05. The van der Waals surface area contributed by atoms with Crippen molar-refractivity contribution in [1.29, 1.82) is 0 Å². The second-order valence-electron chi connectivity index (χ2n) is 4.06. The molecule has 0 unspecified atom stereocenters. The molecule has 1 aliphatic heterocycles. The molecule has 106 valence electrons. The molecule has 0 spiro atoms. The minimum absolute atomic E-state index is 0.00736. The van der Waals surface area contributed by atoms with Gasteiger partial charge in [-0.1, -0.05) is 0 Å². The minimum atomic E-state index is -1.01. The molecule has 1 heterocycles. The van der Waals surface area contributed by atoms with Crippen LogP contribution in [0.4, 0.5) is 0 Å². The highest BCUT2D eigenvalue weighted by atomic mass is 16.6. The highest BCUT2D eigenvalue weighted by Gasteiger charge is 2.41. The van der Waals surface area contributed by atoms with Crippen LogP contribution in [0.3, 0.4) is 0 Å². The van der Waals surface area contributed by atoms with E-state index in [1.54, 1.807) is 6.92 Å². The van der Waals surface area contributed by atoms with E-state index >= 15 is 0 Å². The van der Waals surface area contributed by atoms with Gasteiger partial charge >= 0.3 is 17.9 Å². The lowest BCUT2D eigenvalue weighted by atomic mass is 10.1. The molecule has 0 aromatic heterocycles. The van der Waals surface area contributed by atoms with Gasteiger partial charge in [0, 0.05) is 20.8 Å². The van der Waals surface area contributed by atoms with Crippen LogP contribution in [-0.4, -0.2) is 36.2 Å². The molecule has 19 heavy (non-hydrogen) atoms. The largest absolute Gasteiger partial charge is 0.491 e. The highest BCUT2D eigenvalue weighted by molar-refractivity contribution is 5.69. The zero-order valence-corrected chi connectivity index (χ0v) is 11.2. The molecule has 0 amide bonds. The van der Waals surface area contributed by atoms with Crippen molar-refractivity contribution in [3.05, 3.63) is 12.0 Å². The van der Waals surface area contributed by atoms with Gasteiger partial charge in [0.15, 0.2) is 11.9 Å². The fourth-order valence-electron chi connectivity index (χ4n) is 1.63. The molecule has 1 rings (SSSR count). The molecule has 0 saturated carbocycles. The molecular formula is C12H16O7. The molecule has 0 saturated heterocycles. The first-order valence-corrected chi connectivity index (χ1v) is 5.69. The Labute approximate surface area is 110 Å². The Morgan fingerprint density at radius 1 is 1.05 bits per heavy atom. The maximum atomic E-state index is 11.1. The lowest BCUT2D eigenvalue weighted by molar-refractivity contribution is -0.180. The highest BCUT2D eigenvalue weighted by Crippen LogP contribution is 2.25. The summed E-state index contributed by atoms with van der Waals surface area (Å²) in [7, 11) is 0. The zero-order valence-electron chi connectivity index (χ0n) is 11.2. The summed E-state index contributed by atoms with van der Waals surface area (Å²) in [6.07, 6.45) is -1.23. The molecule has 0 N–H and O–H groups in total. The number of hydrogen-bond donors (Lipinski definition) is 0. The van der Waals surface area contributed by atoms with Gasteiger partial charge in [-0.05, 0) is 6.92 Å². The van der Waals surface area contributed by atoms with Gasteiger partial charge in [-0.25, -0.2) is 0 Å². The van der Waals surface area contributed by atoms with Crippen molar-refractivity contribution in [3.8, 4) is 0 Å². The lowest BCUT2D eigenvalue weighted by Crippen LogP contribution is -2.47. The third kappa shape index (κ3) is 4.27. The summed E-state index contributed by atoms with van der Waals surface area (Å²) in [6.45, 7) is 5.27. The van der Waals surface area contributed by atoms with E-state index in [0.29, 0.717) is 0 Å². The van der Waals surface area contributed by atoms with Crippen LogP contribution in [0.5, 0.6) is 0 Å². The Morgan fingerprint density at radius 3 is 2.11 bits per heavy atom. The van der Waals surface area contributed by atoms with Crippen LogP contribution in [0.1, 0.15) is 27.7 Å². The number of rotatable bonds is 3. The standard InChI is InChI=1S/C12H16O7/c1-6-11(18-8(3)14)12(19-9(4)15)10(5-16-6)17-7(2)13/h5-6,11-12H,1-4H3/t6-,11-,12-/m0/s1. The average Bonchev–Trinajstić information content (AvgIpc) is 2.25. The number of carbonyl (C=O) groups excluding carboxylic acids is 3. The van der Waals surface area contributed by atoms with Crippen molar-refractivity contribution in [2.45, 2.75) is 46.0 Å². The van der Waals surface area contributed by atoms with Gasteiger partial charge in [-0.3, -0.25) is 14.4 Å². The molecule has 3 atom stereocenters. The van der Waals surface area contributed by atoms with E-state index in [1.807, 2.05) is 0 Å². The molecule has 7 nitrogen and oxygen atoms in total. The molecule has 0 aromatic carbocycles. The maximum absolute atomic E-state index is 11.1. The van der Waals surface area contributed by atoms with Gasteiger partial charge < -0.3 is 18.9 Å². The molecule has 0 radical (unpaired) electrons. The van der Waals surface area contributed by atoms with E-state index in [9.17, 15) is 14.4 Å². The average molecular weight is 272 g/mol. The first-order valence-electron chi connectivity index (χ1n) is 5.69. The van der Waals surface area contributed by atoms with Gasteiger partial charge in [0.2, 0.25) is 6.10 Å². The fourth-order valence-corrected chi connectivity index (χ4v) is 1.63. The van der Waals surface area contributed by atoms with Crippen LogP contribution < -0.4 is 0 Å². The van der Waals surface area contributed by atoms with Crippen molar-refractivity contribution in [1.82, 2.24) is 0 Å². The Bertz CT molecular complexity index is 412. The van der Waals surface area contributed by atoms with Crippen molar-refractivity contribution < 1.29 is 33.3 Å². The molecule has 0 aliphatic carbocycles. The van der Waals surface area contributed by atoms with Gasteiger partial charge in [-0.2, -0.15) is 0 Å². The van der Waals surface area contributed by atoms with Gasteiger partial charge in [-0.15, -0.1) is 0 Å². The third-order valence-electron chi connectivity index (χ3n) is 2.30. The van der Waals surface area contributed by atoms with Crippen LogP contribution in [0.15, 0.2) is 12.0 Å². The fraction of sp³-hybridized carbons (Fsp3) is 0.583. The number of ether oxygens (including phenoxy) is 4. The van der Waals surface area contributed by atoms with E-state index in [-0.39, 0.29) is 5.76 Å². The monoisotopic (exact) mass is 272 g/mol.